The summed E-state index contributed by atoms with van der Waals surface area (Å²) in [6.45, 7) is 3.08. The fourth-order valence-corrected chi connectivity index (χ4v) is 2.27. The molecule has 0 aromatic heterocycles. The molecule has 1 atom stereocenters. The van der Waals surface area contributed by atoms with E-state index in [4.69, 9.17) is 0 Å². The third-order valence-electron chi connectivity index (χ3n) is 3.66. The topological polar surface area (TPSA) is 41.1 Å². The number of hydrogen-bond donors (Lipinski definition) is 2. The molecule has 0 spiro atoms. The van der Waals surface area contributed by atoms with Gasteiger partial charge in [0.05, 0.1) is 11.1 Å². The second-order valence-corrected chi connectivity index (χ2v) is 4.76. The highest BCUT2D eigenvalue weighted by molar-refractivity contribution is 5.95. The molecule has 0 bridgehead atoms. The molecule has 104 valence electrons. The van der Waals surface area contributed by atoms with E-state index in [9.17, 15) is 18.0 Å². The lowest BCUT2D eigenvalue weighted by molar-refractivity contribution is -0.124. The molecule has 2 N–H and O–H groups in total. The molecule has 1 unspecified atom stereocenters. The maximum Gasteiger partial charge on any atom is 0.231 e. The largest absolute Gasteiger partial charge is 0.323 e. The number of amides is 1. The Bertz CT molecular complexity index is 499. The van der Waals surface area contributed by atoms with Crippen LogP contribution in [-0.2, 0) is 4.79 Å². The van der Waals surface area contributed by atoms with E-state index in [1.165, 1.54) is 0 Å². The summed E-state index contributed by atoms with van der Waals surface area (Å²) >= 11 is 0. The number of rotatable bonds is 3. The van der Waals surface area contributed by atoms with Gasteiger partial charge in [-0.25, -0.2) is 13.2 Å². The number of nitrogens with one attached hydrogen (secondary N) is 2. The van der Waals surface area contributed by atoms with Crippen LogP contribution in [0.4, 0.5) is 18.9 Å². The zero-order chi connectivity index (χ0) is 14.0. The second-order valence-electron chi connectivity index (χ2n) is 4.76. The normalized spacial score (nSPS) is 22.5. The van der Waals surface area contributed by atoms with Gasteiger partial charge in [-0.1, -0.05) is 6.92 Å². The molecular weight excluding hydrogens is 257 g/mol. The summed E-state index contributed by atoms with van der Waals surface area (Å²) in [5.74, 6) is -3.82. The Kier molecular flexibility index (Phi) is 3.80. The van der Waals surface area contributed by atoms with Crippen molar-refractivity contribution in [2.75, 3.05) is 18.4 Å². The van der Waals surface area contributed by atoms with Crippen LogP contribution in [0.5, 0.6) is 0 Å². The smallest absolute Gasteiger partial charge is 0.231 e. The zero-order valence-corrected chi connectivity index (χ0v) is 10.5. The van der Waals surface area contributed by atoms with Gasteiger partial charge in [-0.15, -0.1) is 0 Å². The lowest BCUT2D eigenvalue weighted by atomic mass is 9.83. The van der Waals surface area contributed by atoms with Crippen molar-refractivity contribution in [2.24, 2.45) is 5.41 Å². The number of carbonyl (C=O) groups is 1. The van der Waals surface area contributed by atoms with Gasteiger partial charge in [-0.05, 0) is 19.4 Å². The molecule has 2 rings (SSSR count). The van der Waals surface area contributed by atoms with Gasteiger partial charge in [0.1, 0.15) is 5.82 Å². The maximum atomic E-state index is 13.5. The molecule has 0 radical (unpaired) electrons. The minimum atomic E-state index is -1.27. The summed E-state index contributed by atoms with van der Waals surface area (Å²) < 4.78 is 39.3. The average Bonchev–Trinajstić information content (AvgIpc) is 2.86. The van der Waals surface area contributed by atoms with Crippen LogP contribution in [0.15, 0.2) is 12.1 Å². The summed E-state index contributed by atoms with van der Waals surface area (Å²) in [6.07, 6.45) is 1.23. The molecule has 1 saturated heterocycles. The van der Waals surface area contributed by atoms with E-state index in [1.54, 1.807) is 0 Å². The number of hydrogen-bond acceptors (Lipinski definition) is 2. The summed E-state index contributed by atoms with van der Waals surface area (Å²) in [4.78, 5) is 12.2. The first kappa shape index (κ1) is 13.9. The monoisotopic (exact) mass is 272 g/mol. The quantitative estimate of drug-likeness (QED) is 0.830. The second kappa shape index (κ2) is 5.21. The van der Waals surface area contributed by atoms with Crippen LogP contribution in [0.25, 0.3) is 0 Å². The van der Waals surface area contributed by atoms with Crippen LogP contribution in [0, 0.1) is 22.9 Å². The number of anilines is 1. The molecule has 0 aliphatic carbocycles. The van der Waals surface area contributed by atoms with E-state index < -0.39 is 22.9 Å². The van der Waals surface area contributed by atoms with Crippen molar-refractivity contribution in [1.82, 2.24) is 5.32 Å². The Hall–Kier alpha value is -1.56. The van der Waals surface area contributed by atoms with Crippen molar-refractivity contribution in [3.63, 3.8) is 0 Å². The zero-order valence-electron chi connectivity index (χ0n) is 10.5. The van der Waals surface area contributed by atoms with Crippen molar-refractivity contribution >= 4 is 11.6 Å². The predicted octanol–water partition coefficient (Wildman–Crippen LogP) is 2.43. The van der Waals surface area contributed by atoms with Crippen molar-refractivity contribution in [2.45, 2.75) is 19.8 Å². The first-order valence-electron chi connectivity index (χ1n) is 6.15. The average molecular weight is 272 g/mol. The molecule has 1 aromatic rings. The first-order chi connectivity index (χ1) is 8.98. The molecule has 3 nitrogen and oxygen atoms in total. The highest BCUT2D eigenvalue weighted by Gasteiger charge is 2.39. The molecule has 1 aliphatic heterocycles. The molecule has 0 saturated carbocycles. The van der Waals surface area contributed by atoms with Crippen molar-refractivity contribution < 1.29 is 18.0 Å². The third kappa shape index (κ3) is 2.58. The molecule has 1 aliphatic rings. The molecule has 1 heterocycles. The summed E-state index contributed by atoms with van der Waals surface area (Å²) in [5, 5.41) is 5.43. The van der Waals surface area contributed by atoms with Gasteiger partial charge in [-0.2, -0.15) is 0 Å². The van der Waals surface area contributed by atoms with Crippen LogP contribution >= 0.6 is 0 Å². The van der Waals surface area contributed by atoms with E-state index in [0.717, 1.165) is 0 Å². The van der Waals surface area contributed by atoms with Gasteiger partial charge < -0.3 is 10.6 Å². The fourth-order valence-electron chi connectivity index (χ4n) is 2.27. The minimum Gasteiger partial charge on any atom is -0.323 e. The highest BCUT2D eigenvalue weighted by Crippen LogP contribution is 2.31. The van der Waals surface area contributed by atoms with Gasteiger partial charge in [-0.3, -0.25) is 4.79 Å². The highest BCUT2D eigenvalue weighted by atomic mass is 19.2. The third-order valence-corrected chi connectivity index (χ3v) is 3.66. The summed E-state index contributed by atoms with van der Waals surface area (Å²) in [6, 6.07) is 1.09. The van der Waals surface area contributed by atoms with Crippen LogP contribution in [0.3, 0.4) is 0 Å². The number of carbonyl (C=O) groups excluding carboxylic acids is 1. The molecule has 19 heavy (non-hydrogen) atoms. The summed E-state index contributed by atoms with van der Waals surface area (Å²) in [5.41, 5.74) is -0.944. The molecule has 6 heteroatoms. The Labute approximate surface area is 109 Å². The van der Waals surface area contributed by atoms with Crippen LogP contribution in [0.1, 0.15) is 19.8 Å². The van der Waals surface area contributed by atoms with E-state index in [0.29, 0.717) is 38.1 Å². The Morgan fingerprint density at radius 2 is 2.00 bits per heavy atom. The Balaban J connectivity index is 2.21. The van der Waals surface area contributed by atoms with Gasteiger partial charge >= 0.3 is 0 Å². The minimum absolute atomic E-state index is 0.330. The van der Waals surface area contributed by atoms with Crippen LogP contribution in [-0.4, -0.2) is 19.0 Å². The van der Waals surface area contributed by atoms with Gasteiger partial charge in [0.25, 0.3) is 0 Å². The maximum absolute atomic E-state index is 13.5. The molecule has 1 amide bonds. The van der Waals surface area contributed by atoms with Crippen LogP contribution < -0.4 is 10.6 Å². The SMILES string of the molecule is CCC1(C(=O)Nc2cc(F)c(F)cc2F)CCNC1. The predicted molar refractivity (Wildman–Crippen MR) is 65.2 cm³/mol. The first-order valence-corrected chi connectivity index (χ1v) is 6.15. The molecular formula is C13H15F3N2O. The van der Waals surface area contributed by atoms with Crippen molar-refractivity contribution in [1.29, 1.82) is 0 Å². The number of benzene rings is 1. The van der Waals surface area contributed by atoms with Gasteiger partial charge in [0, 0.05) is 18.7 Å². The Morgan fingerprint density at radius 3 is 2.58 bits per heavy atom. The van der Waals surface area contributed by atoms with Gasteiger partial charge in [0.2, 0.25) is 5.91 Å². The van der Waals surface area contributed by atoms with Gasteiger partial charge in [0.15, 0.2) is 11.6 Å². The summed E-state index contributed by atoms with van der Waals surface area (Å²) in [7, 11) is 0. The van der Waals surface area contributed by atoms with Crippen molar-refractivity contribution in [3.8, 4) is 0 Å². The van der Waals surface area contributed by atoms with E-state index in [2.05, 4.69) is 10.6 Å². The number of halogens is 3. The van der Waals surface area contributed by atoms with Crippen molar-refractivity contribution in [3.05, 3.63) is 29.6 Å². The standard InChI is InChI=1S/C13H15F3N2O/c1-2-13(3-4-17-7-13)12(19)18-11-6-9(15)8(14)5-10(11)16/h5-6,17H,2-4,7H2,1H3,(H,18,19). The lowest BCUT2D eigenvalue weighted by Gasteiger charge is -2.25. The molecule has 1 aromatic carbocycles. The molecule has 1 fully saturated rings. The van der Waals surface area contributed by atoms with E-state index >= 15 is 0 Å². The fraction of sp³-hybridized carbons (Fsp3) is 0.462. The lowest BCUT2D eigenvalue weighted by Crippen LogP contribution is -2.37. The van der Waals surface area contributed by atoms with Crippen LogP contribution in [0.2, 0.25) is 0 Å². The van der Waals surface area contributed by atoms with E-state index in [1.807, 2.05) is 6.92 Å². The Morgan fingerprint density at radius 1 is 1.32 bits per heavy atom. The van der Waals surface area contributed by atoms with E-state index in [-0.39, 0.29) is 11.6 Å².